The zero-order valence-corrected chi connectivity index (χ0v) is 44.3. The fourth-order valence-corrected chi connectivity index (χ4v) is 9.70. The standard InChI is InChI=1S/C66H58N4O.Pt/c1-44(2)36-49-26-18-29-60-63(49)69(64-55(46-22-14-10-15-23-46)27-19-28-56(64)47-24-16-11-17-25-47)43-68(60)52-38-51(66(6,7)8)39-54(41-52)71-53-31-32-57-58-37-48(45-20-12-9-13-21-45)30-33-59(58)70(61(57)42-53)62-40-50(34-35-67-62)65(3,4)5;/h9-35,37-40,44H,36H2,1-8H3;/q;+2/i36D2;. The van der Waals surface area contributed by atoms with Crippen molar-refractivity contribution in [2.45, 2.75) is 72.6 Å². The minimum atomic E-state index is -1.69. The Morgan fingerprint density at radius 3 is 1.86 bits per heavy atom. The molecule has 0 fully saturated rings. The summed E-state index contributed by atoms with van der Waals surface area (Å²) in [6.45, 7) is 17.1. The van der Waals surface area contributed by atoms with Gasteiger partial charge in [-0.15, -0.1) is 29.1 Å². The van der Waals surface area contributed by atoms with E-state index >= 15 is 0 Å². The Morgan fingerprint density at radius 2 is 1.22 bits per heavy atom. The van der Waals surface area contributed by atoms with Gasteiger partial charge in [0.05, 0.1) is 11.1 Å². The van der Waals surface area contributed by atoms with Gasteiger partial charge >= 0.3 is 32.8 Å². The minimum Gasteiger partial charge on any atom is -0.509 e. The van der Waals surface area contributed by atoms with Crippen LogP contribution in [0.5, 0.6) is 11.5 Å². The molecule has 0 radical (unpaired) electrons. The topological polar surface area (TPSA) is 33.1 Å². The number of benzene rings is 8. The number of pyridine rings is 1. The normalized spacial score (nSPS) is 13.1. The van der Waals surface area contributed by atoms with Gasteiger partial charge in [-0.05, 0) is 91.2 Å². The number of hydrogen-bond acceptors (Lipinski definition) is 2. The van der Waals surface area contributed by atoms with Gasteiger partial charge in [0.15, 0.2) is 0 Å². The van der Waals surface area contributed by atoms with E-state index in [1.165, 1.54) is 5.56 Å². The molecule has 0 saturated heterocycles. The molecule has 1 aliphatic heterocycles. The molecule has 0 N–H and O–H groups in total. The third-order valence-electron chi connectivity index (χ3n) is 13.3. The van der Waals surface area contributed by atoms with Crippen molar-refractivity contribution in [3.05, 3.63) is 217 Å². The van der Waals surface area contributed by atoms with Crippen LogP contribution in [0.15, 0.2) is 188 Å². The van der Waals surface area contributed by atoms with Gasteiger partial charge in [0, 0.05) is 37.6 Å². The molecule has 8 aromatic carbocycles. The molecule has 11 rings (SSSR count). The quantitative estimate of drug-likeness (QED) is 0.101. The Labute approximate surface area is 441 Å². The average molecular weight is 1120 g/mol. The van der Waals surface area contributed by atoms with Crippen LogP contribution in [0.3, 0.4) is 0 Å². The maximum Gasteiger partial charge on any atom is 2.00 e. The zero-order chi connectivity index (χ0) is 50.8. The Kier molecular flexibility index (Phi) is 12.3. The van der Waals surface area contributed by atoms with E-state index in [1.54, 1.807) is 0 Å². The first-order valence-corrected chi connectivity index (χ1v) is 24.6. The van der Waals surface area contributed by atoms with Gasteiger partial charge in [0.25, 0.3) is 5.69 Å². The zero-order valence-electron chi connectivity index (χ0n) is 44.0. The van der Waals surface area contributed by atoms with Crippen molar-refractivity contribution in [3.63, 3.8) is 0 Å². The molecule has 0 amide bonds. The minimum absolute atomic E-state index is 0. The summed E-state index contributed by atoms with van der Waals surface area (Å²) < 4.78 is 32.5. The molecule has 2 aromatic heterocycles. The van der Waals surface area contributed by atoms with E-state index in [9.17, 15) is 2.74 Å². The smallest absolute Gasteiger partial charge is 0.509 e. The Morgan fingerprint density at radius 1 is 0.583 bits per heavy atom. The number of para-hydroxylation sites is 2. The molecule has 0 unspecified atom stereocenters. The summed E-state index contributed by atoms with van der Waals surface area (Å²) in [4.78, 5) is 4.96. The molecule has 0 bridgehead atoms. The number of nitrogens with zero attached hydrogens (tertiary/aromatic N) is 4. The summed E-state index contributed by atoms with van der Waals surface area (Å²) in [6, 6.07) is 74.1. The molecule has 356 valence electrons. The van der Waals surface area contributed by atoms with Gasteiger partial charge in [-0.1, -0.05) is 199 Å². The van der Waals surface area contributed by atoms with Crippen molar-refractivity contribution in [2.24, 2.45) is 5.92 Å². The molecule has 0 spiro atoms. The fourth-order valence-electron chi connectivity index (χ4n) is 9.70. The monoisotopic (exact) mass is 1120 g/mol. The van der Waals surface area contributed by atoms with Crippen molar-refractivity contribution in [1.82, 2.24) is 18.7 Å². The molecular formula is C66H58N4OPt+2. The first kappa shape index (κ1) is 45.7. The van der Waals surface area contributed by atoms with Gasteiger partial charge in [-0.3, -0.25) is 0 Å². The molecule has 72 heavy (non-hydrogen) atoms. The van der Waals surface area contributed by atoms with E-state index in [0.717, 1.165) is 83.6 Å². The van der Waals surface area contributed by atoms with E-state index < -0.39 is 6.37 Å². The first-order chi connectivity index (χ1) is 35.0. The van der Waals surface area contributed by atoms with Crippen LogP contribution in [0.1, 0.15) is 74.8 Å². The predicted octanol–water partition coefficient (Wildman–Crippen LogP) is 17.2. The maximum atomic E-state index is 9.63. The largest absolute Gasteiger partial charge is 2.00 e. The van der Waals surface area contributed by atoms with Crippen LogP contribution in [-0.4, -0.2) is 15.6 Å². The van der Waals surface area contributed by atoms with Gasteiger partial charge < -0.3 is 9.30 Å². The summed E-state index contributed by atoms with van der Waals surface area (Å²) >= 11 is 0. The summed E-state index contributed by atoms with van der Waals surface area (Å²) in [6.07, 6.45) is 0.208. The number of ether oxygens (including phenoxy) is 1. The summed E-state index contributed by atoms with van der Waals surface area (Å²) in [5.41, 5.74) is 13.8. The fraction of sp³-hybridized carbons (Fsp3) is 0.182. The van der Waals surface area contributed by atoms with Crippen LogP contribution < -0.4 is 13.9 Å². The summed E-state index contributed by atoms with van der Waals surface area (Å²) in [7, 11) is 0. The third-order valence-corrected chi connectivity index (χ3v) is 13.3. The number of fused-ring (bicyclic) bond motifs is 4. The van der Waals surface area contributed by atoms with Crippen molar-refractivity contribution in [1.29, 1.82) is 0 Å². The second kappa shape index (κ2) is 19.3. The van der Waals surface area contributed by atoms with Gasteiger partial charge in [0.1, 0.15) is 11.5 Å². The van der Waals surface area contributed by atoms with Crippen molar-refractivity contribution >= 4 is 50.6 Å². The van der Waals surface area contributed by atoms with E-state index in [1.807, 2.05) is 61.0 Å². The van der Waals surface area contributed by atoms with Crippen LogP contribution >= 0.6 is 0 Å². The SMILES string of the molecule is [2H]C([2H])(c1cccc2c1[N+](c1c(-c3ccccc3)cccc1-c1ccccc1)=C=[N+]2c1[c-]c(Oc2[c-]c3c(cc2)c2cc(-c4ccccc4)ccc2n3-c2cc(C(C)(C)C)ccn2)cc(C(C)(C)C)c1)C(C)C.[Pt+2]. The van der Waals surface area contributed by atoms with Gasteiger partial charge in [-0.2, -0.15) is 6.07 Å². The Bertz CT molecular complexity index is 3770. The molecule has 3 heterocycles. The molecule has 1 aliphatic rings. The molecular weight excluding hydrogens is 1060 g/mol. The summed E-state index contributed by atoms with van der Waals surface area (Å²) in [5.74, 6) is 1.55. The summed E-state index contributed by atoms with van der Waals surface area (Å²) in [5, 5.41) is 2.14. The van der Waals surface area contributed by atoms with Crippen LogP contribution in [0.4, 0.5) is 22.7 Å². The van der Waals surface area contributed by atoms with E-state index in [2.05, 4.69) is 214 Å². The van der Waals surface area contributed by atoms with E-state index in [0.29, 0.717) is 22.7 Å². The Balaban J connectivity index is 0.00000626. The van der Waals surface area contributed by atoms with Crippen LogP contribution in [-0.2, 0) is 38.3 Å². The van der Waals surface area contributed by atoms with Crippen molar-refractivity contribution < 1.29 is 28.5 Å². The van der Waals surface area contributed by atoms with Crippen molar-refractivity contribution in [2.75, 3.05) is 0 Å². The molecule has 0 atom stereocenters. The average Bonchev–Trinajstić information content (AvgIpc) is 3.94. The van der Waals surface area contributed by atoms with Crippen LogP contribution in [0, 0.1) is 18.1 Å². The molecule has 0 saturated carbocycles. The van der Waals surface area contributed by atoms with Gasteiger partial charge in [0.2, 0.25) is 5.69 Å². The second-order valence-electron chi connectivity index (χ2n) is 20.8. The molecule has 5 nitrogen and oxygen atoms in total. The molecule has 6 heteroatoms. The van der Waals surface area contributed by atoms with E-state index in [-0.39, 0.29) is 37.8 Å². The van der Waals surface area contributed by atoms with Crippen LogP contribution in [0.25, 0.3) is 61.0 Å². The number of rotatable bonds is 10. The number of hydrogen-bond donors (Lipinski definition) is 0. The van der Waals surface area contributed by atoms with Gasteiger partial charge in [-0.25, -0.2) is 4.98 Å². The molecule has 0 aliphatic carbocycles. The maximum absolute atomic E-state index is 9.63. The molecule has 10 aromatic rings. The first-order valence-electron chi connectivity index (χ1n) is 25.6. The Hall–Kier alpha value is -7.42. The predicted molar refractivity (Wildman–Crippen MR) is 296 cm³/mol. The van der Waals surface area contributed by atoms with Crippen molar-refractivity contribution in [3.8, 4) is 50.7 Å². The van der Waals surface area contributed by atoms with Crippen LogP contribution in [0.2, 0.25) is 0 Å². The second-order valence-corrected chi connectivity index (χ2v) is 20.8. The van der Waals surface area contributed by atoms with E-state index in [4.69, 9.17) is 9.72 Å². The third kappa shape index (κ3) is 9.20. The number of aromatic nitrogens is 2.